The number of hydrogen-bond acceptors (Lipinski definition) is 17. The minimum Gasteiger partial charge on any atom is -0.481 e. The van der Waals surface area contributed by atoms with Crippen LogP contribution < -0.4 is 31.5 Å². The molecule has 3 aliphatic rings. The lowest BCUT2D eigenvalue weighted by molar-refractivity contribution is -0.383. The number of benzene rings is 2. The van der Waals surface area contributed by atoms with E-state index in [1.807, 2.05) is 0 Å². The Bertz CT molecular complexity index is 2800. The van der Waals surface area contributed by atoms with E-state index in [4.69, 9.17) is 4.63 Å². The van der Waals surface area contributed by atoms with Gasteiger partial charge in [0, 0.05) is 48.5 Å². The number of nitro benzene ring substituents is 1. The molecule has 1 unspecified atom stereocenters. The zero-order valence-corrected chi connectivity index (χ0v) is 39.7. The Labute approximate surface area is 407 Å². The van der Waals surface area contributed by atoms with E-state index in [1.54, 1.807) is 24.3 Å². The van der Waals surface area contributed by atoms with Crippen molar-refractivity contribution in [2.24, 2.45) is 11.8 Å². The summed E-state index contributed by atoms with van der Waals surface area (Å²) < 4.78 is 4.94. The molecule has 2 aromatic carbocycles. The molecule has 1 saturated heterocycles. The smallest absolute Gasteiger partial charge is 0.308 e. The first-order valence-electron chi connectivity index (χ1n) is 22.5. The molecule has 0 saturated carbocycles. The number of fused-ring (bicyclic) bond motifs is 6. The van der Waals surface area contributed by atoms with Crippen molar-refractivity contribution in [2.45, 2.75) is 113 Å². The fraction of sp³-hybridized carbons (Fsp3) is 0.500. The van der Waals surface area contributed by atoms with Crippen molar-refractivity contribution >= 4 is 92.4 Å². The largest absolute Gasteiger partial charge is 0.481 e. The lowest BCUT2D eigenvalue weighted by atomic mass is 9.94. The summed E-state index contributed by atoms with van der Waals surface area (Å²) in [5.74, 6) is -12.2. The number of carboxylic acid groups (broad SMARTS) is 1. The average Bonchev–Trinajstić information content (AvgIpc) is 4.06. The van der Waals surface area contributed by atoms with E-state index in [-0.39, 0.29) is 17.9 Å². The van der Waals surface area contributed by atoms with E-state index in [0.717, 1.165) is 40.6 Å². The maximum absolute atomic E-state index is 15.7. The van der Waals surface area contributed by atoms with Gasteiger partial charge in [0.05, 0.1) is 39.9 Å². The summed E-state index contributed by atoms with van der Waals surface area (Å²) in [6.07, 6.45) is -2.69. The fourth-order valence-electron chi connectivity index (χ4n) is 8.84. The molecule has 71 heavy (non-hydrogen) atoms. The second kappa shape index (κ2) is 20.6. The summed E-state index contributed by atoms with van der Waals surface area (Å²) in [5, 5.41) is 76.0. The van der Waals surface area contributed by atoms with Crippen LogP contribution in [0, 0.1) is 22.0 Å². The van der Waals surface area contributed by atoms with Crippen LogP contribution in [0.15, 0.2) is 46.1 Å². The SMILES string of the molecule is CC(C)[C@@H]1NC(=O)[C@H](CC(C)(O)CO)NC(=O)[C@@H]2Cc3c([nH]c4ccccc34)SC[C@@H](C(=O)N3C[C@@H](O)C[C@H]3C(=O)N[C@@H](C)C(=O)N2)N(c2ccc([N+](=O)[O-])c3nonc23)C(=O)[C@@H]([C@H](C)C(=O)O)NC1=O. The molecule has 1 fully saturated rings. The molecule has 7 amide bonds. The maximum atomic E-state index is 15.7. The summed E-state index contributed by atoms with van der Waals surface area (Å²) in [6.45, 7) is 5.17. The quantitative estimate of drug-likeness (QED) is 0.0716. The van der Waals surface area contributed by atoms with Crippen LogP contribution in [-0.4, -0.2) is 166 Å². The number of aromatic amines is 1. The number of nitrogens with zero attached hydrogens (tertiary/aromatic N) is 5. The van der Waals surface area contributed by atoms with Crippen LogP contribution in [0.25, 0.3) is 21.9 Å². The van der Waals surface area contributed by atoms with E-state index >= 15 is 9.59 Å². The average molecular weight is 1010 g/mol. The molecule has 0 radical (unpaired) electrons. The van der Waals surface area contributed by atoms with Crippen molar-refractivity contribution in [3.63, 3.8) is 0 Å². The Kier molecular flexibility index (Phi) is 15.0. The molecule has 5 heterocycles. The Morgan fingerprint density at radius 2 is 1.59 bits per heavy atom. The van der Waals surface area contributed by atoms with Crippen LogP contribution in [0.4, 0.5) is 11.4 Å². The molecule has 0 spiro atoms. The molecule has 10 N–H and O–H groups in total. The first kappa shape index (κ1) is 51.6. The fourth-order valence-corrected chi connectivity index (χ4v) is 10.0. The number of nitrogens with one attached hydrogen (secondary N) is 6. The number of aliphatic carboxylic acids is 1. The molecular weight excluding hydrogens is 955 g/mol. The molecule has 2 aromatic heterocycles. The summed E-state index contributed by atoms with van der Waals surface area (Å²) >= 11 is 0.908. The number of hydrogen-bond donors (Lipinski definition) is 10. The topological polar surface area (TPSA) is 382 Å². The molecule has 4 aromatic rings. The highest BCUT2D eigenvalue weighted by Gasteiger charge is 2.48. The van der Waals surface area contributed by atoms with Gasteiger partial charge in [0.2, 0.25) is 41.0 Å². The minimum atomic E-state index is -2.13. The van der Waals surface area contributed by atoms with Gasteiger partial charge in [-0.25, -0.2) is 4.63 Å². The molecule has 7 rings (SSSR count). The lowest BCUT2D eigenvalue weighted by Gasteiger charge is -2.38. The van der Waals surface area contributed by atoms with Crippen LogP contribution in [-0.2, 0) is 44.8 Å². The van der Waals surface area contributed by atoms with Gasteiger partial charge in [0.15, 0.2) is 5.52 Å². The lowest BCUT2D eigenvalue weighted by Crippen LogP contribution is -2.63. The number of nitro groups is 1. The molecule has 27 heteroatoms. The van der Waals surface area contributed by atoms with Crippen molar-refractivity contribution in [2.75, 3.05) is 23.8 Å². The van der Waals surface area contributed by atoms with Crippen LogP contribution in [0.5, 0.6) is 0 Å². The molecular formula is C44H53N11O15S. The first-order valence-corrected chi connectivity index (χ1v) is 23.5. The number of aliphatic hydroxyl groups excluding tert-OH is 2. The van der Waals surface area contributed by atoms with Crippen LogP contribution in [0.3, 0.4) is 0 Å². The molecule has 2 bridgehead atoms. The Hall–Kier alpha value is -7.23. The number of aliphatic hydroxyl groups is 3. The van der Waals surface area contributed by atoms with Crippen LogP contribution >= 0.6 is 11.8 Å². The zero-order valence-electron chi connectivity index (χ0n) is 38.9. The number of carboxylic acids is 1. The van der Waals surface area contributed by atoms with Gasteiger partial charge in [-0.1, -0.05) is 32.0 Å². The van der Waals surface area contributed by atoms with E-state index < -0.39 is 166 Å². The van der Waals surface area contributed by atoms with Gasteiger partial charge >= 0.3 is 11.7 Å². The normalized spacial score (nSPS) is 26.7. The third kappa shape index (κ3) is 10.6. The van der Waals surface area contributed by atoms with Gasteiger partial charge in [-0.3, -0.25) is 53.4 Å². The van der Waals surface area contributed by atoms with E-state index in [9.17, 15) is 59.3 Å². The highest BCUT2D eigenvalue weighted by molar-refractivity contribution is 7.99. The van der Waals surface area contributed by atoms with Gasteiger partial charge in [-0.15, -0.1) is 11.8 Å². The standard InChI is InChI=1S/C44H53N11O15S/c1-18(2)31-39(62)50-32(19(3)43(65)66)42(64)54(27-10-11-28(55(68)69)34-33(27)51-70-52-34)30-16-71-40-23(22-8-6-7-9-24(22)48-40)13-25(36(59)47-26(37(60)49-31)14-44(5,67)17-56)46-35(58)20(4)45-38(61)29-12-21(57)15-53(29)41(30)63/h6-11,18-21,25-26,29-32,48,56-57,67H,12-17H2,1-5H3,(H,45,61)(H,46,58)(H,47,59)(H,49,60)(H,50,62)(H,65,66)/t19-,20-,21-,25-,26-,29-,30-,31-,32+,44?/m0/s1. The number of amides is 7. The monoisotopic (exact) mass is 1010 g/mol. The Morgan fingerprint density at radius 3 is 2.27 bits per heavy atom. The third-order valence-electron chi connectivity index (χ3n) is 12.8. The summed E-state index contributed by atoms with van der Waals surface area (Å²) in [4.78, 5) is 133. The third-order valence-corrected chi connectivity index (χ3v) is 13.9. The maximum Gasteiger partial charge on any atom is 0.308 e. The van der Waals surface area contributed by atoms with Crippen LogP contribution in [0.2, 0.25) is 0 Å². The number of carbonyl (C=O) groups excluding carboxylic acids is 7. The highest BCUT2D eigenvalue weighted by atomic mass is 32.2. The van der Waals surface area contributed by atoms with Crippen molar-refractivity contribution in [1.29, 1.82) is 0 Å². The van der Waals surface area contributed by atoms with Gasteiger partial charge in [0.1, 0.15) is 42.3 Å². The highest BCUT2D eigenvalue weighted by Crippen LogP contribution is 2.38. The van der Waals surface area contributed by atoms with Crippen molar-refractivity contribution in [1.82, 2.24) is 46.8 Å². The number of non-ortho nitro benzene ring substituents is 1. The zero-order chi connectivity index (χ0) is 51.8. The molecule has 26 nitrogen and oxygen atoms in total. The van der Waals surface area contributed by atoms with Gasteiger partial charge in [0.25, 0.3) is 5.91 Å². The predicted octanol–water partition coefficient (Wildman–Crippen LogP) is -1.41. The molecule has 0 aliphatic carbocycles. The summed E-state index contributed by atoms with van der Waals surface area (Å²) in [7, 11) is 0. The number of carbonyl (C=O) groups is 8. The summed E-state index contributed by atoms with van der Waals surface area (Å²) in [6, 6.07) is -3.10. The van der Waals surface area contributed by atoms with E-state index in [1.165, 1.54) is 27.7 Å². The molecule has 10 atom stereocenters. The van der Waals surface area contributed by atoms with E-state index in [2.05, 4.69) is 41.9 Å². The Morgan fingerprint density at radius 1 is 0.901 bits per heavy atom. The Balaban J connectivity index is 1.54. The number of aromatic nitrogens is 3. The number of thioether (sulfide) groups is 1. The van der Waals surface area contributed by atoms with Crippen molar-refractivity contribution in [3.05, 3.63) is 52.1 Å². The molecule has 380 valence electrons. The van der Waals surface area contributed by atoms with Crippen LogP contribution in [0.1, 0.15) is 53.0 Å². The molecule has 3 aliphatic heterocycles. The van der Waals surface area contributed by atoms with Crippen molar-refractivity contribution < 1.29 is 68.3 Å². The van der Waals surface area contributed by atoms with E-state index in [0.29, 0.717) is 16.5 Å². The summed E-state index contributed by atoms with van der Waals surface area (Å²) in [5.41, 5.74) is -3.15. The predicted molar refractivity (Wildman–Crippen MR) is 248 cm³/mol. The van der Waals surface area contributed by atoms with Gasteiger partial charge < -0.3 is 56.9 Å². The first-order chi connectivity index (χ1) is 33.5. The second-order valence-electron chi connectivity index (χ2n) is 18.5. The minimum absolute atomic E-state index is 0.262. The number of para-hydroxylation sites is 1. The second-order valence-corrected chi connectivity index (χ2v) is 19.5. The van der Waals surface area contributed by atoms with Gasteiger partial charge in [-0.2, -0.15) is 0 Å². The van der Waals surface area contributed by atoms with Crippen molar-refractivity contribution in [3.8, 4) is 0 Å². The number of H-pyrrole nitrogens is 1. The number of rotatable bonds is 8. The van der Waals surface area contributed by atoms with Gasteiger partial charge in [-0.05, 0) is 54.7 Å². The number of anilines is 1.